The first kappa shape index (κ1) is 20.2. The third-order valence-electron chi connectivity index (χ3n) is 5.11. The molecule has 0 radical (unpaired) electrons. The van der Waals surface area contributed by atoms with Crippen LogP contribution in [0.4, 0.5) is 0 Å². The van der Waals surface area contributed by atoms with Crippen molar-refractivity contribution in [3.8, 4) is 0 Å². The number of aromatic carboxylic acids is 1. The Morgan fingerprint density at radius 1 is 1.22 bits per heavy atom. The molecule has 2 aromatic rings. The maximum absolute atomic E-state index is 10.8. The average molecular weight is 413 g/mol. The van der Waals surface area contributed by atoms with E-state index in [0.717, 1.165) is 23.4 Å². The molecule has 0 aliphatic heterocycles. The standard InChI is InChI=1S/C20H22Cl2O5/c21-16-4-2-1-3-12(16)5-7-14-15(18(23)9-17(14)22)11-26-10-13-6-8-19(27-13)20(24)25/h1-4,6,8,14-15,17-18,23H,5,7,9-11H2,(H,24,25)/t14-,15-,17?,18?/m1/s1. The van der Waals surface area contributed by atoms with Gasteiger partial charge in [0.25, 0.3) is 0 Å². The van der Waals surface area contributed by atoms with Gasteiger partial charge in [-0.3, -0.25) is 0 Å². The molecule has 5 nitrogen and oxygen atoms in total. The highest BCUT2D eigenvalue weighted by molar-refractivity contribution is 6.31. The van der Waals surface area contributed by atoms with E-state index in [2.05, 4.69) is 0 Å². The number of carboxylic acids is 1. The molecule has 0 bridgehead atoms. The van der Waals surface area contributed by atoms with E-state index in [-0.39, 0.29) is 29.6 Å². The molecule has 0 amide bonds. The number of carboxylic acid groups (broad SMARTS) is 1. The van der Waals surface area contributed by atoms with E-state index in [1.54, 1.807) is 6.07 Å². The molecule has 1 heterocycles. The molecule has 0 saturated heterocycles. The van der Waals surface area contributed by atoms with E-state index < -0.39 is 12.1 Å². The number of aliphatic hydroxyl groups excluding tert-OH is 1. The van der Waals surface area contributed by atoms with Crippen LogP contribution in [0, 0.1) is 11.8 Å². The van der Waals surface area contributed by atoms with Gasteiger partial charge in [0, 0.05) is 16.3 Å². The first-order valence-electron chi connectivity index (χ1n) is 8.91. The fourth-order valence-corrected chi connectivity index (χ4v) is 4.38. The Hall–Kier alpha value is -1.53. The summed E-state index contributed by atoms with van der Waals surface area (Å²) in [5.41, 5.74) is 1.07. The van der Waals surface area contributed by atoms with E-state index in [1.165, 1.54) is 6.07 Å². The Kier molecular flexibility index (Phi) is 6.82. The third kappa shape index (κ3) is 5.05. The Bertz CT molecular complexity index is 775. The zero-order valence-corrected chi connectivity index (χ0v) is 16.2. The summed E-state index contributed by atoms with van der Waals surface area (Å²) in [6.45, 7) is 0.487. The molecule has 1 fully saturated rings. The third-order valence-corrected chi connectivity index (χ3v) is 5.98. The summed E-state index contributed by atoms with van der Waals surface area (Å²) in [4.78, 5) is 10.8. The molecule has 1 aromatic heterocycles. The van der Waals surface area contributed by atoms with E-state index in [4.69, 9.17) is 37.5 Å². The molecule has 146 valence electrons. The number of carbonyl (C=O) groups is 1. The molecule has 4 atom stereocenters. The van der Waals surface area contributed by atoms with Crippen LogP contribution in [-0.2, 0) is 17.8 Å². The number of ether oxygens (including phenoxy) is 1. The highest BCUT2D eigenvalue weighted by Crippen LogP contribution is 2.39. The number of furan rings is 1. The maximum atomic E-state index is 10.8. The quantitative estimate of drug-likeness (QED) is 0.628. The van der Waals surface area contributed by atoms with Crippen LogP contribution in [0.5, 0.6) is 0 Å². The van der Waals surface area contributed by atoms with E-state index in [1.807, 2.05) is 24.3 Å². The van der Waals surface area contributed by atoms with Gasteiger partial charge < -0.3 is 19.4 Å². The summed E-state index contributed by atoms with van der Waals surface area (Å²) in [7, 11) is 0. The first-order chi connectivity index (χ1) is 13.0. The van der Waals surface area contributed by atoms with Gasteiger partial charge in [0.2, 0.25) is 5.76 Å². The summed E-state index contributed by atoms with van der Waals surface area (Å²) in [6.07, 6.45) is 1.62. The zero-order valence-electron chi connectivity index (χ0n) is 14.7. The fourth-order valence-electron chi connectivity index (χ4n) is 3.65. The van der Waals surface area contributed by atoms with E-state index in [9.17, 15) is 9.90 Å². The number of rotatable bonds is 8. The number of aryl methyl sites for hydroxylation is 1. The van der Waals surface area contributed by atoms with Crippen LogP contribution in [0.2, 0.25) is 5.02 Å². The molecule has 0 spiro atoms. The van der Waals surface area contributed by atoms with Gasteiger partial charge in [0.05, 0.1) is 12.7 Å². The van der Waals surface area contributed by atoms with Crippen LogP contribution in [0.3, 0.4) is 0 Å². The van der Waals surface area contributed by atoms with Gasteiger partial charge in [-0.25, -0.2) is 4.79 Å². The lowest BCUT2D eigenvalue weighted by Crippen LogP contribution is -2.26. The Morgan fingerprint density at radius 2 is 2.00 bits per heavy atom. The SMILES string of the molecule is O=C(O)c1ccc(COC[C@H]2C(O)CC(Cl)[C@@H]2CCc2ccccc2Cl)o1. The number of halogens is 2. The van der Waals surface area contributed by atoms with Gasteiger partial charge in [0.15, 0.2) is 0 Å². The van der Waals surface area contributed by atoms with Crippen molar-refractivity contribution in [3.63, 3.8) is 0 Å². The second kappa shape index (κ2) is 9.11. The minimum absolute atomic E-state index is 0.0797. The summed E-state index contributed by atoms with van der Waals surface area (Å²) in [5, 5.41) is 19.9. The minimum atomic E-state index is -1.11. The lowest BCUT2D eigenvalue weighted by Gasteiger charge is -2.23. The monoisotopic (exact) mass is 412 g/mol. The zero-order chi connectivity index (χ0) is 19.4. The number of hydrogen-bond acceptors (Lipinski definition) is 4. The summed E-state index contributed by atoms with van der Waals surface area (Å²) >= 11 is 12.7. The van der Waals surface area contributed by atoms with Gasteiger partial charge in [-0.15, -0.1) is 11.6 Å². The molecular formula is C20H22Cl2O5. The highest BCUT2D eigenvalue weighted by atomic mass is 35.5. The van der Waals surface area contributed by atoms with Gasteiger partial charge >= 0.3 is 5.97 Å². The molecule has 1 aromatic carbocycles. The lowest BCUT2D eigenvalue weighted by atomic mass is 9.89. The van der Waals surface area contributed by atoms with Gasteiger partial charge in [-0.1, -0.05) is 29.8 Å². The fraction of sp³-hybridized carbons (Fsp3) is 0.450. The van der Waals surface area contributed by atoms with Crippen molar-refractivity contribution < 1.29 is 24.2 Å². The predicted octanol–water partition coefficient (Wildman–Crippen LogP) is 4.39. The minimum Gasteiger partial charge on any atom is -0.475 e. The van der Waals surface area contributed by atoms with Crippen LogP contribution in [-0.4, -0.2) is 34.3 Å². The second-order valence-corrected chi connectivity index (χ2v) is 7.83. The van der Waals surface area contributed by atoms with E-state index in [0.29, 0.717) is 18.8 Å². The van der Waals surface area contributed by atoms with Crippen molar-refractivity contribution >= 4 is 29.2 Å². The van der Waals surface area contributed by atoms with E-state index >= 15 is 0 Å². The Balaban J connectivity index is 1.55. The van der Waals surface area contributed by atoms with Crippen molar-refractivity contribution in [2.24, 2.45) is 11.8 Å². The molecule has 1 aliphatic rings. The molecule has 7 heteroatoms. The molecule has 3 rings (SSSR count). The lowest BCUT2D eigenvalue weighted by molar-refractivity contribution is 0.0146. The van der Waals surface area contributed by atoms with Gasteiger partial charge in [0.1, 0.15) is 12.4 Å². The predicted molar refractivity (Wildman–Crippen MR) is 102 cm³/mol. The topological polar surface area (TPSA) is 79.9 Å². The number of hydrogen-bond donors (Lipinski definition) is 2. The molecule has 2 N–H and O–H groups in total. The van der Waals surface area contributed by atoms with Crippen LogP contribution < -0.4 is 0 Å². The van der Waals surface area contributed by atoms with Crippen molar-refractivity contribution in [1.29, 1.82) is 0 Å². The smallest absolute Gasteiger partial charge is 0.371 e. The normalized spacial score (nSPS) is 25.0. The van der Waals surface area contributed by atoms with Crippen molar-refractivity contribution in [3.05, 3.63) is 58.5 Å². The summed E-state index contributed by atoms with van der Waals surface area (Å²) in [6, 6.07) is 10.7. The number of benzene rings is 1. The van der Waals surface area contributed by atoms with Crippen LogP contribution in [0.25, 0.3) is 0 Å². The average Bonchev–Trinajstić information content (AvgIpc) is 3.20. The molecule has 27 heavy (non-hydrogen) atoms. The molecular weight excluding hydrogens is 391 g/mol. The number of alkyl halides is 1. The summed E-state index contributed by atoms with van der Waals surface area (Å²) in [5.74, 6) is -0.757. The highest BCUT2D eigenvalue weighted by Gasteiger charge is 2.41. The molecule has 1 aliphatic carbocycles. The Labute approximate surface area is 167 Å². The summed E-state index contributed by atoms with van der Waals surface area (Å²) < 4.78 is 10.9. The first-order valence-corrected chi connectivity index (χ1v) is 9.72. The van der Waals surface area contributed by atoms with Crippen LogP contribution in [0.15, 0.2) is 40.8 Å². The van der Waals surface area contributed by atoms with Gasteiger partial charge in [-0.05, 0) is 48.9 Å². The van der Waals surface area contributed by atoms with Crippen molar-refractivity contribution in [2.75, 3.05) is 6.61 Å². The number of aliphatic hydroxyl groups is 1. The maximum Gasteiger partial charge on any atom is 0.371 e. The van der Waals surface area contributed by atoms with Crippen molar-refractivity contribution in [1.82, 2.24) is 0 Å². The van der Waals surface area contributed by atoms with Crippen LogP contribution in [0.1, 0.15) is 34.7 Å². The molecule has 2 unspecified atom stereocenters. The Morgan fingerprint density at radius 3 is 2.70 bits per heavy atom. The largest absolute Gasteiger partial charge is 0.475 e. The van der Waals surface area contributed by atoms with Crippen molar-refractivity contribution in [2.45, 2.75) is 37.4 Å². The molecule has 1 saturated carbocycles. The van der Waals surface area contributed by atoms with Gasteiger partial charge in [-0.2, -0.15) is 0 Å². The van der Waals surface area contributed by atoms with Crippen LogP contribution >= 0.6 is 23.2 Å². The second-order valence-electron chi connectivity index (χ2n) is 6.86.